The molecule has 2 aromatic rings. The second-order valence-corrected chi connectivity index (χ2v) is 6.10. The van der Waals surface area contributed by atoms with Crippen molar-refractivity contribution in [3.63, 3.8) is 0 Å². The molecule has 0 aliphatic rings. The zero-order valence-corrected chi connectivity index (χ0v) is 16.0. The predicted molar refractivity (Wildman–Crippen MR) is 102 cm³/mol. The van der Waals surface area contributed by atoms with Crippen LogP contribution in [0.5, 0.6) is 11.5 Å². The van der Waals surface area contributed by atoms with Crippen molar-refractivity contribution >= 4 is 23.3 Å². The van der Waals surface area contributed by atoms with E-state index in [0.717, 1.165) is 5.56 Å². The van der Waals surface area contributed by atoms with E-state index in [2.05, 4.69) is 5.32 Å². The van der Waals surface area contributed by atoms with Gasteiger partial charge in [0.1, 0.15) is 0 Å². The van der Waals surface area contributed by atoms with Crippen LogP contribution in [0.3, 0.4) is 0 Å². The smallest absolute Gasteiger partial charge is 0.296 e. The normalized spacial score (nSPS) is 10.1. The Bertz CT molecular complexity index is 873. The molecule has 0 saturated carbocycles. The minimum Gasteiger partial charge on any atom is -0.493 e. The molecule has 0 saturated heterocycles. The molecule has 0 unspecified atom stereocenters. The number of amides is 2. The lowest BCUT2D eigenvalue weighted by molar-refractivity contribution is -0.112. The summed E-state index contributed by atoms with van der Waals surface area (Å²) in [6.07, 6.45) is 0. The zero-order valence-electron chi connectivity index (χ0n) is 16.0. The zero-order chi connectivity index (χ0) is 20.1. The molecule has 0 heterocycles. The first kappa shape index (κ1) is 20.0. The maximum absolute atomic E-state index is 12.5. The van der Waals surface area contributed by atoms with Crippen LogP contribution >= 0.6 is 0 Å². The number of aryl methyl sites for hydroxylation is 1. The number of hydrogen-bond donors (Lipinski definition) is 1. The summed E-state index contributed by atoms with van der Waals surface area (Å²) < 4.78 is 10.4. The highest BCUT2D eigenvalue weighted by atomic mass is 16.5. The van der Waals surface area contributed by atoms with E-state index in [0.29, 0.717) is 11.5 Å². The van der Waals surface area contributed by atoms with Gasteiger partial charge in [-0.25, -0.2) is 0 Å². The SMILES string of the molecule is COc1cc(NC(=O)C(=O)c2ccc(C)cc2)c(C(=O)N(C)C)cc1OC. The predicted octanol–water partition coefficient (Wildman–Crippen LogP) is 2.54. The molecule has 1 N–H and O–H groups in total. The molecule has 2 aromatic carbocycles. The quantitative estimate of drug-likeness (QED) is 0.624. The summed E-state index contributed by atoms with van der Waals surface area (Å²) >= 11 is 0. The molecule has 0 fully saturated rings. The molecule has 0 aliphatic carbocycles. The van der Waals surface area contributed by atoms with Gasteiger partial charge in [0.15, 0.2) is 11.5 Å². The number of nitrogens with one attached hydrogen (secondary N) is 1. The van der Waals surface area contributed by atoms with Gasteiger partial charge in [0, 0.05) is 25.7 Å². The second-order valence-electron chi connectivity index (χ2n) is 6.10. The van der Waals surface area contributed by atoms with Crippen LogP contribution in [0.1, 0.15) is 26.3 Å². The van der Waals surface area contributed by atoms with Crippen LogP contribution < -0.4 is 14.8 Å². The van der Waals surface area contributed by atoms with E-state index >= 15 is 0 Å². The summed E-state index contributed by atoms with van der Waals surface area (Å²) in [6.45, 7) is 1.89. The lowest BCUT2D eigenvalue weighted by Crippen LogP contribution is -2.27. The summed E-state index contributed by atoms with van der Waals surface area (Å²) in [5.74, 6) is -1.24. The number of hydrogen-bond acceptors (Lipinski definition) is 5. The summed E-state index contributed by atoms with van der Waals surface area (Å²) in [5.41, 5.74) is 1.59. The fourth-order valence-corrected chi connectivity index (χ4v) is 2.42. The lowest BCUT2D eigenvalue weighted by Gasteiger charge is -2.17. The van der Waals surface area contributed by atoms with Gasteiger partial charge < -0.3 is 19.7 Å². The van der Waals surface area contributed by atoms with Gasteiger partial charge in [-0.15, -0.1) is 0 Å². The third-order valence-electron chi connectivity index (χ3n) is 3.93. The van der Waals surface area contributed by atoms with Crippen LogP contribution in [0, 0.1) is 6.92 Å². The van der Waals surface area contributed by atoms with Crippen LogP contribution in [0.2, 0.25) is 0 Å². The topological polar surface area (TPSA) is 84.9 Å². The fraction of sp³-hybridized carbons (Fsp3) is 0.250. The first-order chi connectivity index (χ1) is 12.8. The molecule has 2 rings (SSSR count). The molecule has 2 amide bonds. The molecular weight excluding hydrogens is 348 g/mol. The standard InChI is InChI=1S/C20H22N2O5/c1-12-6-8-13(9-7-12)18(23)19(24)21-15-11-17(27-5)16(26-4)10-14(15)20(25)22(2)3/h6-11H,1-5H3,(H,21,24). The van der Waals surface area contributed by atoms with E-state index in [1.54, 1.807) is 38.4 Å². The number of carbonyl (C=O) groups is 3. The van der Waals surface area contributed by atoms with Crippen LogP contribution in [0.15, 0.2) is 36.4 Å². The summed E-state index contributed by atoms with van der Waals surface area (Å²) in [7, 11) is 6.06. The molecule has 0 spiro atoms. The van der Waals surface area contributed by atoms with Gasteiger partial charge in [0.25, 0.3) is 17.6 Å². The summed E-state index contributed by atoms with van der Waals surface area (Å²) in [6, 6.07) is 9.58. The van der Waals surface area contributed by atoms with E-state index in [9.17, 15) is 14.4 Å². The van der Waals surface area contributed by atoms with E-state index in [1.807, 2.05) is 6.92 Å². The van der Waals surface area contributed by atoms with E-state index < -0.39 is 11.7 Å². The second kappa shape index (κ2) is 8.35. The first-order valence-electron chi connectivity index (χ1n) is 8.18. The van der Waals surface area contributed by atoms with Crippen molar-refractivity contribution in [2.24, 2.45) is 0 Å². The number of anilines is 1. The van der Waals surface area contributed by atoms with Gasteiger partial charge in [-0.2, -0.15) is 0 Å². The number of methoxy groups -OCH3 is 2. The minimum absolute atomic E-state index is 0.164. The molecule has 7 heteroatoms. The van der Waals surface area contributed by atoms with Gasteiger partial charge in [-0.05, 0) is 13.0 Å². The van der Waals surface area contributed by atoms with Crippen LogP contribution in [0.4, 0.5) is 5.69 Å². The Labute approximate surface area is 157 Å². The lowest BCUT2D eigenvalue weighted by atomic mass is 10.1. The van der Waals surface area contributed by atoms with Crippen molar-refractivity contribution in [2.45, 2.75) is 6.92 Å². The fourth-order valence-electron chi connectivity index (χ4n) is 2.42. The first-order valence-corrected chi connectivity index (χ1v) is 8.18. The number of rotatable bonds is 6. The number of carbonyl (C=O) groups excluding carboxylic acids is 3. The van der Waals surface area contributed by atoms with Crippen molar-refractivity contribution in [1.29, 1.82) is 0 Å². The summed E-state index contributed by atoms with van der Waals surface area (Å²) in [5, 5.41) is 2.51. The Morgan fingerprint density at radius 1 is 0.926 bits per heavy atom. The molecule has 142 valence electrons. The highest BCUT2D eigenvalue weighted by Crippen LogP contribution is 2.34. The van der Waals surface area contributed by atoms with Crippen molar-refractivity contribution in [2.75, 3.05) is 33.6 Å². The van der Waals surface area contributed by atoms with Gasteiger partial charge in [-0.3, -0.25) is 14.4 Å². The Morgan fingerprint density at radius 3 is 2.00 bits per heavy atom. The minimum atomic E-state index is -0.848. The third-order valence-corrected chi connectivity index (χ3v) is 3.93. The van der Waals surface area contributed by atoms with Crippen LogP contribution in [-0.4, -0.2) is 50.8 Å². The van der Waals surface area contributed by atoms with Crippen molar-refractivity contribution in [1.82, 2.24) is 4.90 Å². The maximum Gasteiger partial charge on any atom is 0.296 e. The molecule has 0 atom stereocenters. The van der Waals surface area contributed by atoms with Gasteiger partial charge in [0.05, 0.1) is 25.5 Å². The number of Topliss-reactive ketones (excluding diaryl/α,β-unsaturated/α-hetero) is 1. The Hall–Kier alpha value is -3.35. The molecular formula is C20H22N2O5. The van der Waals surface area contributed by atoms with E-state index in [1.165, 1.54) is 31.3 Å². The third kappa shape index (κ3) is 4.44. The Morgan fingerprint density at radius 2 is 1.48 bits per heavy atom. The number of ketones is 1. The molecule has 7 nitrogen and oxygen atoms in total. The molecule has 0 radical (unpaired) electrons. The van der Waals surface area contributed by atoms with Gasteiger partial charge >= 0.3 is 0 Å². The van der Waals surface area contributed by atoms with Crippen molar-refractivity contribution < 1.29 is 23.9 Å². The Kier molecular flexibility index (Phi) is 6.18. The van der Waals surface area contributed by atoms with Crippen molar-refractivity contribution in [3.8, 4) is 11.5 Å². The summed E-state index contributed by atoms with van der Waals surface area (Å²) in [4.78, 5) is 38.7. The number of benzene rings is 2. The number of nitrogens with zero attached hydrogens (tertiary/aromatic N) is 1. The molecule has 0 bridgehead atoms. The average Bonchev–Trinajstić information content (AvgIpc) is 2.66. The maximum atomic E-state index is 12.5. The molecule has 27 heavy (non-hydrogen) atoms. The molecule has 0 aliphatic heterocycles. The highest BCUT2D eigenvalue weighted by Gasteiger charge is 2.23. The molecule has 0 aromatic heterocycles. The highest BCUT2D eigenvalue weighted by molar-refractivity contribution is 6.46. The van der Waals surface area contributed by atoms with Crippen LogP contribution in [0.25, 0.3) is 0 Å². The monoisotopic (exact) mass is 370 g/mol. The van der Waals surface area contributed by atoms with E-state index in [4.69, 9.17) is 9.47 Å². The largest absolute Gasteiger partial charge is 0.493 e. The Balaban J connectivity index is 2.40. The van der Waals surface area contributed by atoms with Crippen LogP contribution in [-0.2, 0) is 4.79 Å². The van der Waals surface area contributed by atoms with Gasteiger partial charge in [-0.1, -0.05) is 29.8 Å². The van der Waals surface area contributed by atoms with Gasteiger partial charge in [0.2, 0.25) is 0 Å². The van der Waals surface area contributed by atoms with E-state index in [-0.39, 0.29) is 22.7 Å². The number of ether oxygens (including phenoxy) is 2. The average molecular weight is 370 g/mol. The van der Waals surface area contributed by atoms with Crippen molar-refractivity contribution in [3.05, 3.63) is 53.1 Å².